The van der Waals surface area contributed by atoms with Crippen molar-refractivity contribution in [2.24, 2.45) is 5.73 Å². The fourth-order valence-corrected chi connectivity index (χ4v) is 1.56. The van der Waals surface area contributed by atoms with E-state index in [0.29, 0.717) is 6.04 Å². The summed E-state index contributed by atoms with van der Waals surface area (Å²) in [6, 6.07) is 0.322. The quantitative estimate of drug-likeness (QED) is 0.564. The van der Waals surface area contributed by atoms with E-state index in [1.165, 1.54) is 0 Å². The summed E-state index contributed by atoms with van der Waals surface area (Å²) in [6.07, 6.45) is 3.43. The van der Waals surface area contributed by atoms with Gasteiger partial charge in [-0.2, -0.15) is 0 Å². The van der Waals surface area contributed by atoms with Gasteiger partial charge in [0.15, 0.2) is 0 Å². The Bertz CT molecular complexity index is 135. The first kappa shape index (κ1) is 10.9. The van der Waals surface area contributed by atoms with Gasteiger partial charge in [0.1, 0.15) is 6.10 Å². The van der Waals surface area contributed by atoms with Crippen molar-refractivity contribution in [3.63, 3.8) is 0 Å². The predicted octanol–water partition coefficient (Wildman–Crippen LogP) is -0.374. The Kier molecular flexibility index (Phi) is 4.66. The maximum absolute atomic E-state index is 9.04. The number of ether oxygens (including phenoxy) is 1. The molecular formula is C9H19NO3. The lowest BCUT2D eigenvalue weighted by Crippen LogP contribution is -2.32. The highest BCUT2D eigenvalue weighted by atomic mass is 16.5. The van der Waals surface area contributed by atoms with Crippen LogP contribution in [-0.2, 0) is 4.74 Å². The molecule has 0 heterocycles. The van der Waals surface area contributed by atoms with Crippen molar-refractivity contribution in [1.82, 2.24) is 0 Å². The van der Waals surface area contributed by atoms with Crippen LogP contribution in [0.1, 0.15) is 25.7 Å². The van der Waals surface area contributed by atoms with Crippen molar-refractivity contribution >= 4 is 0 Å². The van der Waals surface area contributed by atoms with Gasteiger partial charge in [0, 0.05) is 6.04 Å². The minimum absolute atomic E-state index is 0.223. The van der Waals surface area contributed by atoms with Crippen LogP contribution in [0, 0.1) is 0 Å². The molecule has 0 unspecified atom stereocenters. The second kappa shape index (κ2) is 5.54. The highest BCUT2D eigenvalue weighted by molar-refractivity contribution is 4.74. The normalized spacial score (nSPS) is 31.6. The molecule has 0 amide bonds. The second-order valence-corrected chi connectivity index (χ2v) is 3.71. The molecule has 0 aromatic rings. The number of rotatable bonds is 4. The Balaban J connectivity index is 2.08. The summed E-state index contributed by atoms with van der Waals surface area (Å²) < 4.78 is 5.42. The van der Waals surface area contributed by atoms with Gasteiger partial charge in [-0.25, -0.2) is 0 Å². The van der Waals surface area contributed by atoms with Crippen molar-refractivity contribution in [2.45, 2.75) is 43.9 Å². The van der Waals surface area contributed by atoms with Crippen LogP contribution in [0.25, 0.3) is 0 Å². The van der Waals surface area contributed by atoms with Gasteiger partial charge < -0.3 is 20.7 Å². The van der Waals surface area contributed by atoms with Crippen LogP contribution in [0.2, 0.25) is 0 Å². The first-order chi connectivity index (χ1) is 6.22. The molecule has 0 radical (unpaired) electrons. The standard InChI is InChI=1S/C9H19NO3/c10-7-1-3-9(4-2-7)13-6-8(12)5-11/h7-9,11-12H,1-6,10H2/t7-,8-,9-/m0/s1. The van der Waals surface area contributed by atoms with Gasteiger partial charge in [-0.05, 0) is 25.7 Å². The lowest BCUT2D eigenvalue weighted by Gasteiger charge is -2.26. The van der Waals surface area contributed by atoms with E-state index in [2.05, 4.69) is 0 Å². The SMILES string of the molecule is N[C@H]1CC[C@H](OC[C@@H](O)CO)CC1. The van der Waals surface area contributed by atoms with E-state index in [0.717, 1.165) is 25.7 Å². The molecule has 1 aliphatic rings. The number of aliphatic hydroxyl groups is 2. The molecule has 1 rings (SSSR count). The maximum atomic E-state index is 9.04. The van der Waals surface area contributed by atoms with Crippen LogP contribution in [0.4, 0.5) is 0 Å². The molecule has 1 aliphatic carbocycles. The van der Waals surface area contributed by atoms with Crippen molar-refractivity contribution in [1.29, 1.82) is 0 Å². The van der Waals surface area contributed by atoms with Gasteiger partial charge in [-0.1, -0.05) is 0 Å². The van der Waals surface area contributed by atoms with Crippen molar-refractivity contribution in [3.8, 4) is 0 Å². The Morgan fingerprint density at radius 1 is 1.31 bits per heavy atom. The average molecular weight is 189 g/mol. The van der Waals surface area contributed by atoms with Gasteiger partial charge in [0.2, 0.25) is 0 Å². The van der Waals surface area contributed by atoms with Gasteiger partial charge in [-0.3, -0.25) is 0 Å². The smallest absolute Gasteiger partial charge is 0.100 e. The molecule has 4 nitrogen and oxygen atoms in total. The van der Waals surface area contributed by atoms with Crippen molar-refractivity contribution in [3.05, 3.63) is 0 Å². The summed E-state index contributed by atoms with van der Waals surface area (Å²) in [6.45, 7) is 0.00262. The van der Waals surface area contributed by atoms with E-state index in [1.54, 1.807) is 0 Å². The lowest BCUT2D eigenvalue weighted by atomic mass is 9.94. The van der Waals surface area contributed by atoms with Crippen LogP contribution in [0.5, 0.6) is 0 Å². The second-order valence-electron chi connectivity index (χ2n) is 3.71. The van der Waals surface area contributed by atoms with Crippen LogP contribution in [0.15, 0.2) is 0 Å². The predicted molar refractivity (Wildman–Crippen MR) is 49.3 cm³/mol. The van der Waals surface area contributed by atoms with Crippen molar-refractivity contribution in [2.75, 3.05) is 13.2 Å². The molecule has 0 saturated heterocycles. The molecule has 0 aromatic carbocycles. The molecule has 13 heavy (non-hydrogen) atoms. The van der Waals surface area contributed by atoms with Crippen LogP contribution >= 0.6 is 0 Å². The topological polar surface area (TPSA) is 75.7 Å². The van der Waals surface area contributed by atoms with E-state index in [4.69, 9.17) is 20.7 Å². The van der Waals surface area contributed by atoms with E-state index in [-0.39, 0.29) is 19.3 Å². The molecule has 1 atom stereocenters. The van der Waals surface area contributed by atoms with E-state index >= 15 is 0 Å². The van der Waals surface area contributed by atoms with E-state index < -0.39 is 6.10 Å². The summed E-state index contributed by atoms with van der Waals surface area (Å²) >= 11 is 0. The van der Waals surface area contributed by atoms with Crippen molar-refractivity contribution < 1.29 is 14.9 Å². The zero-order valence-corrected chi connectivity index (χ0v) is 7.85. The van der Waals surface area contributed by atoms with Crippen LogP contribution in [0.3, 0.4) is 0 Å². The monoisotopic (exact) mass is 189 g/mol. The Hall–Kier alpha value is -0.160. The first-order valence-electron chi connectivity index (χ1n) is 4.88. The molecule has 0 aromatic heterocycles. The number of aliphatic hydroxyl groups excluding tert-OH is 2. The summed E-state index contributed by atoms with van der Waals surface area (Å²) in [5.41, 5.74) is 5.73. The highest BCUT2D eigenvalue weighted by Crippen LogP contribution is 2.19. The fourth-order valence-electron chi connectivity index (χ4n) is 1.56. The zero-order valence-electron chi connectivity index (χ0n) is 7.85. The van der Waals surface area contributed by atoms with Gasteiger partial charge in [0.05, 0.1) is 19.3 Å². The Morgan fingerprint density at radius 3 is 2.46 bits per heavy atom. The molecule has 78 valence electrons. The molecule has 4 heteroatoms. The third-order valence-electron chi connectivity index (χ3n) is 2.45. The highest BCUT2D eigenvalue weighted by Gasteiger charge is 2.19. The lowest BCUT2D eigenvalue weighted by molar-refractivity contribution is -0.0409. The molecule has 4 N–H and O–H groups in total. The molecule has 0 spiro atoms. The Morgan fingerprint density at radius 2 is 1.92 bits per heavy atom. The fraction of sp³-hybridized carbons (Fsp3) is 1.00. The van der Waals surface area contributed by atoms with Crippen LogP contribution in [-0.4, -0.2) is 41.7 Å². The molecule has 1 fully saturated rings. The zero-order chi connectivity index (χ0) is 9.68. The summed E-state index contributed by atoms with van der Waals surface area (Å²) in [4.78, 5) is 0. The first-order valence-corrected chi connectivity index (χ1v) is 4.88. The molecule has 0 aliphatic heterocycles. The van der Waals surface area contributed by atoms with Gasteiger partial charge in [0.25, 0.3) is 0 Å². The number of nitrogens with two attached hydrogens (primary N) is 1. The largest absolute Gasteiger partial charge is 0.394 e. The minimum Gasteiger partial charge on any atom is -0.394 e. The number of hydrogen-bond donors (Lipinski definition) is 3. The average Bonchev–Trinajstić information content (AvgIpc) is 2.16. The maximum Gasteiger partial charge on any atom is 0.100 e. The van der Waals surface area contributed by atoms with Gasteiger partial charge in [-0.15, -0.1) is 0 Å². The Labute approximate surface area is 78.7 Å². The summed E-state index contributed by atoms with van der Waals surface area (Å²) in [7, 11) is 0. The molecule has 1 saturated carbocycles. The van der Waals surface area contributed by atoms with Gasteiger partial charge >= 0.3 is 0 Å². The minimum atomic E-state index is -0.740. The third-order valence-corrected chi connectivity index (χ3v) is 2.45. The summed E-state index contributed by atoms with van der Waals surface area (Å²) in [5, 5.41) is 17.6. The van der Waals surface area contributed by atoms with E-state index in [9.17, 15) is 0 Å². The van der Waals surface area contributed by atoms with Crippen LogP contribution < -0.4 is 5.73 Å². The third kappa shape index (κ3) is 4.04. The molecule has 0 bridgehead atoms. The van der Waals surface area contributed by atoms with E-state index in [1.807, 2.05) is 0 Å². The number of hydrogen-bond acceptors (Lipinski definition) is 4. The molecular weight excluding hydrogens is 170 g/mol. The summed E-state index contributed by atoms with van der Waals surface area (Å²) in [5.74, 6) is 0.